The lowest BCUT2D eigenvalue weighted by molar-refractivity contribution is 0.150. The second-order valence-electron chi connectivity index (χ2n) is 3.18. The van der Waals surface area contributed by atoms with E-state index in [-0.39, 0.29) is 0 Å². The molecule has 14 heavy (non-hydrogen) atoms. The Hall–Kier alpha value is -0.940. The Balaban J connectivity index is 1.84. The monoisotopic (exact) mass is 211 g/mol. The van der Waals surface area contributed by atoms with E-state index in [1.807, 2.05) is 6.92 Å². The first-order valence-corrected chi connectivity index (χ1v) is 5.46. The topological polar surface area (TPSA) is 47.0 Å². The number of hydrogen-bond acceptors (Lipinski definition) is 5. The molecule has 2 rings (SSSR count). The van der Waals surface area contributed by atoms with Crippen molar-refractivity contribution in [2.45, 2.75) is 13.3 Å². The molecule has 0 fully saturated rings. The van der Waals surface area contributed by atoms with Gasteiger partial charge in [-0.1, -0.05) is 17.4 Å². The van der Waals surface area contributed by atoms with E-state index in [1.165, 1.54) is 5.57 Å². The second-order valence-corrected chi connectivity index (χ2v) is 4.37. The zero-order valence-corrected chi connectivity index (χ0v) is 8.93. The SMILES string of the molecule is Cc1nnc(NCC2=CCCOC2)s1. The van der Waals surface area contributed by atoms with E-state index >= 15 is 0 Å². The quantitative estimate of drug-likeness (QED) is 0.771. The molecule has 0 aliphatic carbocycles. The van der Waals surface area contributed by atoms with Crippen LogP contribution in [0.4, 0.5) is 5.13 Å². The summed E-state index contributed by atoms with van der Waals surface area (Å²) >= 11 is 1.57. The summed E-state index contributed by atoms with van der Waals surface area (Å²) in [7, 11) is 0. The Morgan fingerprint density at radius 1 is 1.57 bits per heavy atom. The van der Waals surface area contributed by atoms with Gasteiger partial charge in [0.05, 0.1) is 13.2 Å². The van der Waals surface area contributed by atoms with Crippen LogP contribution in [0.2, 0.25) is 0 Å². The maximum Gasteiger partial charge on any atom is 0.205 e. The average Bonchev–Trinajstić information content (AvgIpc) is 2.63. The van der Waals surface area contributed by atoms with Crippen molar-refractivity contribution >= 4 is 16.5 Å². The van der Waals surface area contributed by atoms with Gasteiger partial charge >= 0.3 is 0 Å². The van der Waals surface area contributed by atoms with Gasteiger partial charge in [0.15, 0.2) is 0 Å². The number of ether oxygens (including phenoxy) is 1. The molecule has 0 saturated heterocycles. The van der Waals surface area contributed by atoms with Gasteiger partial charge in [-0.15, -0.1) is 10.2 Å². The zero-order chi connectivity index (χ0) is 9.80. The summed E-state index contributed by atoms with van der Waals surface area (Å²) in [6, 6.07) is 0. The van der Waals surface area contributed by atoms with Gasteiger partial charge in [0.2, 0.25) is 5.13 Å². The molecule has 0 amide bonds. The minimum absolute atomic E-state index is 0.741. The number of anilines is 1. The van der Waals surface area contributed by atoms with E-state index in [0.29, 0.717) is 0 Å². The fourth-order valence-corrected chi connectivity index (χ4v) is 1.88. The molecule has 1 aliphatic heterocycles. The Labute approximate surface area is 87.0 Å². The van der Waals surface area contributed by atoms with Crippen LogP contribution in [0.25, 0.3) is 0 Å². The van der Waals surface area contributed by atoms with Crippen molar-refractivity contribution < 1.29 is 4.74 Å². The molecule has 0 radical (unpaired) electrons. The highest BCUT2D eigenvalue weighted by atomic mass is 32.1. The molecule has 0 saturated carbocycles. The van der Waals surface area contributed by atoms with Crippen molar-refractivity contribution in [2.24, 2.45) is 0 Å². The van der Waals surface area contributed by atoms with Crippen molar-refractivity contribution in [3.8, 4) is 0 Å². The smallest absolute Gasteiger partial charge is 0.205 e. The first kappa shape index (κ1) is 9.61. The standard InChI is InChI=1S/C9H13N3OS/c1-7-11-12-9(14-7)10-5-8-3-2-4-13-6-8/h3H,2,4-6H2,1H3,(H,10,12). The van der Waals surface area contributed by atoms with Crippen LogP contribution in [0.1, 0.15) is 11.4 Å². The average molecular weight is 211 g/mol. The summed E-state index contributed by atoms with van der Waals surface area (Å²) in [5.41, 5.74) is 1.30. The van der Waals surface area contributed by atoms with Gasteiger partial charge in [0, 0.05) is 6.54 Å². The maximum atomic E-state index is 5.33. The molecule has 0 unspecified atom stereocenters. The van der Waals surface area contributed by atoms with Crippen molar-refractivity contribution in [1.82, 2.24) is 10.2 Å². The lowest BCUT2D eigenvalue weighted by Crippen LogP contribution is -2.13. The lowest BCUT2D eigenvalue weighted by Gasteiger charge is -2.13. The molecule has 1 aromatic heterocycles. The fourth-order valence-electron chi connectivity index (χ4n) is 1.29. The zero-order valence-electron chi connectivity index (χ0n) is 8.12. The van der Waals surface area contributed by atoms with E-state index in [0.717, 1.165) is 36.3 Å². The van der Waals surface area contributed by atoms with E-state index < -0.39 is 0 Å². The van der Waals surface area contributed by atoms with Crippen LogP contribution in [0, 0.1) is 6.92 Å². The third kappa shape index (κ3) is 2.52. The maximum absolute atomic E-state index is 5.33. The molecule has 1 aromatic rings. The largest absolute Gasteiger partial charge is 0.377 e. The summed E-state index contributed by atoms with van der Waals surface area (Å²) in [6.45, 7) is 4.35. The summed E-state index contributed by atoms with van der Waals surface area (Å²) < 4.78 is 5.33. The molecule has 2 heterocycles. The van der Waals surface area contributed by atoms with E-state index in [4.69, 9.17) is 4.74 Å². The number of hydrogen-bond donors (Lipinski definition) is 1. The highest BCUT2D eigenvalue weighted by Crippen LogP contribution is 2.14. The Morgan fingerprint density at radius 3 is 3.14 bits per heavy atom. The molecule has 4 nitrogen and oxygen atoms in total. The van der Waals surface area contributed by atoms with Crippen LogP contribution in [-0.4, -0.2) is 30.0 Å². The molecule has 0 spiro atoms. The first-order chi connectivity index (χ1) is 6.84. The highest BCUT2D eigenvalue weighted by molar-refractivity contribution is 7.15. The van der Waals surface area contributed by atoms with Crippen molar-refractivity contribution in [2.75, 3.05) is 25.1 Å². The fraction of sp³-hybridized carbons (Fsp3) is 0.556. The number of nitrogens with zero attached hydrogens (tertiary/aromatic N) is 2. The molecule has 76 valence electrons. The van der Waals surface area contributed by atoms with Crippen LogP contribution in [0.15, 0.2) is 11.6 Å². The van der Waals surface area contributed by atoms with Crippen LogP contribution < -0.4 is 5.32 Å². The molecule has 0 bridgehead atoms. The predicted molar refractivity (Wildman–Crippen MR) is 56.7 cm³/mol. The Kier molecular flexibility index (Phi) is 3.10. The second kappa shape index (κ2) is 4.52. The van der Waals surface area contributed by atoms with Crippen molar-refractivity contribution in [1.29, 1.82) is 0 Å². The highest BCUT2D eigenvalue weighted by Gasteiger charge is 2.04. The van der Waals surface area contributed by atoms with Gasteiger partial charge in [0.1, 0.15) is 5.01 Å². The summed E-state index contributed by atoms with van der Waals surface area (Å²) in [5, 5.41) is 13.0. The minimum Gasteiger partial charge on any atom is -0.377 e. The van der Waals surface area contributed by atoms with Crippen LogP contribution in [0.5, 0.6) is 0 Å². The number of aromatic nitrogens is 2. The third-order valence-electron chi connectivity index (χ3n) is 1.98. The van der Waals surface area contributed by atoms with Crippen molar-refractivity contribution in [3.63, 3.8) is 0 Å². The van der Waals surface area contributed by atoms with Gasteiger partial charge in [-0.3, -0.25) is 0 Å². The normalized spacial score (nSPS) is 16.5. The molecular weight excluding hydrogens is 198 g/mol. The van der Waals surface area contributed by atoms with Gasteiger partial charge in [-0.05, 0) is 18.9 Å². The van der Waals surface area contributed by atoms with E-state index in [9.17, 15) is 0 Å². The van der Waals surface area contributed by atoms with E-state index in [1.54, 1.807) is 11.3 Å². The minimum atomic E-state index is 0.741. The molecule has 0 atom stereocenters. The van der Waals surface area contributed by atoms with Crippen molar-refractivity contribution in [3.05, 3.63) is 16.7 Å². The summed E-state index contributed by atoms with van der Waals surface area (Å²) in [5.74, 6) is 0. The molecule has 5 heteroatoms. The number of aryl methyl sites for hydroxylation is 1. The van der Waals surface area contributed by atoms with Crippen LogP contribution >= 0.6 is 11.3 Å². The summed E-state index contributed by atoms with van der Waals surface area (Å²) in [6.07, 6.45) is 3.25. The summed E-state index contributed by atoms with van der Waals surface area (Å²) in [4.78, 5) is 0. The predicted octanol–water partition coefficient (Wildman–Crippen LogP) is 1.61. The molecule has 0 aromatic carbocycles. The van der Waals surface area contributed by atoms with Gasteiger partial charge < -0.3 is 10.1 Å². The molecule has 1 aliphatic rings. The van der Waals surface area contributed by atoms with E-state index in [2.05, 4.69) is 21.6 Å². The molecule has 1 N–H and O–H groups in total. The van der Waals surface area contributed by atoms with Gasteiger partial charge in [0.25, 0.3) is 0 Å². The third-order valence-corrected chi connectivity index (χ3v) is 2.77. The Morgan fingerprint density at radius 2 is 2.50 bits per heavy atom. The lowest BCUT2D eigenvalue weighted by atomic mass is 10.2. The number of nitrogens with one attached hydrogen (secondary N) is 1. The van der Waals surface area contributed by atoms with Gasteiger partial charge in [-0.25, -0.2) is 0 Å². The van der Waals surface area contributed by atoms with Crippen LogP contribution in [0.3, 0.4) is 0 Å². The molecular formula is C9H13N3OS. The Bertz CT molecular complexity index is 335. The first-order valence-electron chi connectivity index (χ1n) is 4.64. The van der Waals surface area contributed by atoms with Gasteiger partial charge in [-0.2, -0.15) is 0 Å². The number of rotatable bonds is 3. The van der Waals surface area contributed by atoms with Crippen LogP contribution in [-0.2, 0) is 4.74 Å².